The number of aliphatic hydroxyl groups is 1. The fourth-order valence-corrected chi connectivity index (χ4v) is 2.19. The second-order valence-electron chi connectivity index (χ2n) is 7.06. The van der Waals surface area contributed by atoms with E-state index in [1.54, 1.807) is 13.8 Å². The Kier molecular flexibility index (Phi) is 10.8. The van der Waals surface area contributed by atoms with E-state index in [2.05, 4.69) is 16.0 Å². The van der Waals surface area contributed by atoms with E-state index >= 15 is 0 Å². The van der Waals surface area contributed by atoms with Crippen LogP contribution in [0.4, 0.5) is 0 Å². The maximum absolute atomic E-state index is 12.5. The van der Waals surface area contributed by atoms with Crippen LogP contribution in [0.15, 0.2) is 0 Å². The van der Waals surface area contributed by atoms with Gasteiger partial charge in [0.2, 0.25) is 17.7 Å². The number of carboxylic acids is 2. The number of carboxylic acid groups (broad SMARTS) is 2. The molecule has 166 valence electrons. The predicted molar refractivity (Wildman–Crippen MR) is 100 cm³/mol. The average Bonchev–Trinajstić information content (AvgIpc) is 2.60. The molecule has 5 atom stereocenters. The number of nitrogens with one attached hydrogen (secondary N) is 3. The molecule has 8 N–H and O–H groups in total. The van der Waals surface area contributed by atoms with Crippen molar-refractivity contribution in [2.45, 2.75) is 70.8 Å². The van der Waals surface area contributed by atoms with E-state index in [1.165, 1.54) is 13.8 Å². The first kappa shape index (κ1) is 26.3. The Morgan fingerprint density at radius 3 is 1.83 bits per heavy atom. The Balaban J connectivity index is 4.99. The van der Waals surface area contributed by atoms with Gasteiger partial charge in [0.05, 0.1) is 6.10 Å². The molecule has 0 aromatic rings. The van der Waals surface area contributed by atoms with Crippen LogP contribution in [-0.4, -0.2) is 75.3 Å². The Bertz CT molecular complexity index is 623. The van der Waals surface area contributed by atoms with E-state index in [-0.39, 0.29) is 12.3 Å². The fraction of sp³-hybridized carbons (Fsp3) is 0.706. The first-order valence-corrected chi connectivity index (χ1v) is 9.07. The van der Waals surface area contributed by atoms with Crippen molar-refractivity contribution in [2.24, 2.45) is 11.7 Å². The lowest BCUT2D eigenvalue weighted by atomic mass is 10.0. The van der Waals surface area contributed by atoms with Crippen molar-refractivity contribution in [2.75, 3.05) is 0 Å². The van der Waals surface area contributed by atoms with Crippen molar-refractivity contribution in [3.05, 3.63) is 0 Å². The third kappa shape index (κ3) is 9.34. The molecule has 0 heterocycles. The second-order valence-corrected chi connectivity index (χ2v) is 7.06. The van der Waals surface area contributed by atoms with E-state index in [4.69, 9.17) is 15.9 Å². The maximum Gasteiger partial charge on any atom is 0.326 e. The molecule has 0 saturated carbocycles. The molecule has 0 spiro atoms. The number of hydrogen-bond acceptors (Lipinski definition) is 7. The minimum atomic E-state index is -1.43. The summed E-state index contributed by atoms with van der Waals surface area (Å²) < 4.78 is 0. The molecule has 0 aliphatic carbocycles. The maximum atomic E-state index is 12.5. The summed E-state index contributed by atoms with van der Waals surface area (Å²) in [6.45, 7) is 5.93. The summed E-state index contributed by atoms with van der Waals surface area (Å²) in [5.41, 5.74) is 5.54. The van der Waals surface area contributed by atoms with E-state index in [1.807, 2.05) is 0 Å². The van der Waals surface area contributed by atoms with Gasteiger partial charge in [-0.2, -0.15) is 0 Å². The molecule has 0 radical (unpaired) electrons. The highest BCUT2D eigenvalue weighted by Crippen LogP contribution is 2.04. The van der Waals surface area contributed by atoms with E-state index in [0.717, 1.165) is 0 Å². The van der Waals surface area contributed by atoms with Crippen molar-refractivity contribution in [3.63, 3.8) is 0 Å². The lowest BCUT2D eigenvalue weighted by molar-refractivity contribution is -0.143. The lowest BCUT2D eigenvalue weighted by Crippen LogP contribution is -2.58. The number of amides is 3. The van der Waals surface area contributed by atoms with Crippen LogP contribution >= 0.6 is 0 Å². The van der Waals surface area contributed by atoms with Crippen LogP contribution < -0.4 is 21.7 Å². The molecule has 0 aliphatic rings. The number of nitrogens with two attached hydrogens (primary N) is 1. The number of rotatable bonds is 12. The first-order valence-electron chi connectivity index (χ1n) is 9.07. The van der Waals surface area contributed by atoms with Gasteiger partial charge >= 0.3 is 11.9 Å². The number of hydrogen-bond donors (Lipinski definition) is 7. The van der Waals surface area contributed by atoms with E-state index in [0.29, 0.717) is 0 Å². The SMILES string of the molecule is CC(NC(=O)C(NC(=O)C(N)C(C)O)C(C)C)C(=O)NC(CCC(=O)O)C(=O)O. The summed E-state index contributed by atoms with van der Waals surface area (Å²) in [6, 6.07) is -4.87. The molecule has 12 nitrogen and oxygen atoms in total. The van der Waals surface area contributed by atoms with Gasteiger partial charge in [-0.3, -0.25) is 19.2 Å². The summed E-state index contributed by atoms with van der Waals surface area (Å²) in [4.78, 5) is 58.4. The summed E-state index contributed by atoms with van der Waals surface area (Å²) in [5.74, 6) is -5.27. The van der Waals surface area contributed by atoms with Crippen molar-refractivity contribution >= 4 is 29.7 Å². The normalized spacial score (nSPS) is 16.1. The zero-order valence-corrected chi connectivity index (χ0v) is 16.8. The Morgan fingerprint density at radius 2 is 1.41 bits per heavy atom. The van der Waals surface area contributed by atoms with Crippen LogP contribution in [0.5, 0.6) is 0 Å². The van der Waals surface area contributed by atoms with Crippen LogP contribution in [0.2, 0.25) is 0 Å². The van der Waals surface area contributed by atoms with Crippen molar-refractivity contribution in [3.8, 4) is 0 Å². The molecule has 3 amide bonds. The minimum Gasteiger partial charge on any atom is -0.481 e. The molecular formula is C17H30N4O8. The van der Waals surface area contributed by atoms with Crippen molar-refractivity contribution in [1.29, 1.82) is 0 Å². The molecule has 0 bridgehead atoms. The van der Waals surface area contributed by atoms with Gasteiger partial charge < -0.3 is 37.0 Å². The topological polar surface area (TPSA) is 208 Å². The monoisotopic (exact) mass is 418 g/mol. The standard InChI is InChI=1S/C17H30N4O8/c1-7(2)13(21-15(26)12(18)9(4)22)16(27)19-8(3)14(25)20-10(17(28)29)5-6-11(23)24/h7-10,12-13,22H,5-6,18H2,1-4H3,(H,19,27)(H,20,25)(H,21,26)(H,23,24)(H,28,29). The van der Waals surface area contributed by atoms with Gasteiger partial charge in [0.1, 0.15) is 24.2 Å². The van der Waals surface area contributed by atoms with Gasteiger partial charge in [0, 0.05) is 6.42 Å². The molecule has 0 aliphatic heterocycles. The highest BCUT2D eigenvalue weighted by molar-refractivity contribution is 5.94. The summed E-state index contributed by atoms with van der Waals surface area (Å²) in [6.07, 6.45) is -1.91. The number of carbonyl (C=O) groups excluding carboxylic acids is 3. The second kappa shape index (κ2) is 12.0. The highest BCUT2D eigenvalue weighted by Gasteiger charge is 2.30. The van der Waals surface area contributed by atoms with Crippen LogP contribution in [0.25, 0.3) is 0 Å². The minimum absolute atomic E-state index is 0.320. The van der Waals surface area contributed by atoms with E-state index in [9.17, 15) is 29.1 Å². The average molecular weight is 418 g/mol. The van der Waals surface area contributed by atoms with Gasteiger partial charge in [-0.15, -0.1) is 0 Å². The summed E-state index contributed by atoms with van der Waals surface area (Å²) in [5, 5.41) is 34.0. The molecule has 0 saturated heterocycles. The van der Waals surface area contributed by atoms with E-state index < -0.39 is 66.4 Å². The third-order valence-corrected chi connectivity index (χ3v) is 4.08. The summed E-state index contributed by atoms with van der Waals surface area (Å²) >= 11 is 0. The zero-order chi connectivity index (χ0) is 22.9. The summed E-state index contributed by atoms with van der Waals surface area (Å²) in [7, 11) is 0. The molecule has 0 fully saturated rings. The van der Waals surface area contributed by atoms with Crippen LogP contribution in [0, 0.1) is 5.92 Å². The lowest BCUT2D eigenvalue weighted by Gasteiger charge is -2.26. The fourth-order valence-electron chi connectivity index (χ4n) is 2.19. The Hall–Kier alpha value is -2.73. The van der Waals surface area contributed by atoms with Gasteiger partial charge in [0.15, 0.2) is 0 Å². The molecule has 0 rings (SSSR count). The van der Waals surface area contributed by atoms with Crippen molar-refractivity contribution < 1.29 is 39.3 Å². The Labute approximate surface area is 168 Å². The quantitative estimate of drug-likeness (QED) is 0.183. The molecule has 29 heavy (non-hydrogen) atoms. The van der Waals surface area contributed by atoms with Gasteiger partial charge in [-0.25, -0.2) is 4.79 Å². The van der Waals surface area contributed by atoms with Crippen LogP contribution in [0.3, 0.4) is 0 Å². The number of carbonyl (C=O) groups is 5. The molecule has 0 aromatic heterocycles. The first-order chi connectivity index (χ1) is 13.3. The van der Waals surface area contributed by atoms with Gasteiger partial charge in [-0.05, 0) is 26.2 Å². The highest BCUT2D eigenvalue weighted by atomic mass is 16.4. The number of aliphatic carboxylic acids is 2. The predicted octanol–water partition coefficient (Wildman–Crippen LogP) is -2.23. The van der Waals surface area contributed by atoms with Crippen LogP contribution in [0.1, 0.15) is 40.5 Å². The smallest absolute Gasteiger partial charge is 0.326 e. The molecule has 0 aromatic carbocycles. The molecule has 12 heteroatoms. The van der Waals surface area contributed by atoms with Gasteiger partial charge in [-0.1, -0.05) is 13.8 Å². The number of aliphatic hydroxyl groups excluding tert-OH is 1. The van der Waals surface area contributed by atoms with Crippen LogP contribution in [-0.2, 0) is 24.0 Å². The molecule has 5 unspecified atom stereocenters. The van der Waals surface area contributed by atoms with Crippen molar-refractivity contribution in [1.82, 2.24) is 16.0 Å². The largest absolute Gasteiger partial charge is 0.481 e. The zero-order valence-electron chi connectivity index (χ0n) is 16.8. The van der Waals surface area contributed by atoms with Gasteiger partial charge in [0.25, 0.3) is 0 Å². The molecular weight excluding hydrogens is 388 g/mol. The Morgan fingerprint density at radius 1 is 0.862 bits per heavy atom. The third-order valence-electron chi connectivity index (χ3n) is 4.08.